The first-order valence-electron chi connectivity index (χ1n) is 10.3. The van der Waals surface area contributed by atoms with Crippen molar-refractivity contribution in [1.82, 2.24) is 20.0 Å². The SMILES string of the molecule is C=C(C)CN1C(=O)C2C(NC3N(c4cc(C)cc(C)c4)CC(C)CN23)N(C)C1=O. The van der Waals surface area contributed by atoms with Gasteiger partial charge in [-0.3, -0.25) is 19.9 Å². The van der Waals surface area contributed by atoms with Crippen LogP contribution in [0.3, 0.4) is 0 Å². The van der Waals surface area contributed by atoms with Gasteiger partial charge in [0.2, 0.25) is 0 Å². The maximum Gasteiger partial charge on any atom is 0.328 e. The average molecular weight is 398 g/mol. The molecule has 4 atom stereocenters. The number of nitrogens with zero attached hydrogens (tertiary/aromatic N) is 4. The minimum atomic E-state index is -0.391. The van der Waals surface area contributed by atoms with Crippen molar-refractivity contribution >= 4 is 17.6 Å². The van der Waals surface area contributed by atoms with Gasteiger partial charge in [0.05, 0.1) is 6.54 Å². The first-order valence-corrected chi connectivity index (χ1v) is 10.3. The molecule has 3 aliphatic rings. The van der Waals surface area contributed by atoms with Gasteiger partial charge in [-0.05, 0) is 49.9 Å². The number of carbonyl (C=O) groups excluding carboxylic acids is 2. The minimum absolute atomic E-state index is 0.119. The van der Waals surface area contributed by atoms with Crippen LogP contribution in [0.25, 0.3) is 0 Å². The number of likely N-dealkylation sites (N-methyl/N-ethyl adjacent to an activating group) is 1. The van der Waals surface area contributed by atoms with E-state index in [9.17, 15) is 9.59 Å². The number of fused-ring (bicyclic) bond motifs is 3. The summed E-state index contributed by atoms with van der Waals surface area (Å²) in [6.45, 7) is 14.1. The van der Waals surface area contributed by atoms with E-state index in [2.05, 4.69) is 60.7 Å². The van der Waals surface area contributed by atoms with Crippen molar-refractivity contribution in [2.45, 2.75) is 46.2 Å². The zero-order valence-electron chi connectivity index (χ0n) is 18.0. The number of imide groups is 1. The molecule has 4 rings (SSSR count). The number of anilines is 1. The number of aryl methyl sites for hydroxylation is 2. The largest absolute Gasteiger partial charge is 0.343 e. The fourth-order valence-electron chi connectivity index (χ4n) is 4.95. The van der Waals surface area contributed by atoms with Crippen LogP contribution >= 0.6 is 0 Å². The molecular weight excluding hydrogens is 366 g/mol. The molecule has 0 saturated carbocycles. The number of amides is 3. The van der Waals surface area contributed by atoms with E-state index >= 15 is 0 Å². The van der Waals surface area contributed by atoms with Gasteiger partial charge in [0.1, 0.15) is 18.5 Å². The number of nitrogens with one attached hydrogen (secondary N) is 1. The van der Waals surface area contributed by atoms with Crippen molar-refractivity contribution in [3.63, 3.8) is 0 Å². The minimum Gasteiger partial charge on any atom is -0.343 e. The van der Waals surface area contributed by atoms with Crippen molar-refractivity contribution in [3.05, 3.63) is 41.5 Å². The van der Waals surface area contributed by atoms with Gasteiger partial charge in [-0.25, -0.2) is 4.79 Å². The zero-order chi connectivity index (χ0) is 21.0. The number of benzene rings is 1. The standard InChI is InChI=1S/C22H31N5O2/c1-13(2)10-27-20(28)18-19(24(6)22(27)29)23-21-25(11-16(5)12-26(18)21)17-8-14(3)7-15(4)9-17/h7-9,16,18-19,21,23H,1,10-12H2,2-6H3. The summed E-state index contributed by atoms with van der Waals surface area (Å²) in [7, 11) is 1.77. The molecule has 1 aromatic rings. The maximum absolute atomic E-state index is 13.3. The second-order valence-corrected chi connectivity index (χ2v) is 9.01. The Labute approximate surface area is 172 Å². The number of hydrogen-bond donors (Lipinski definition) is 1. The number of urea groups is 1. The summed E-state index contributed by atoms with van der Waals surface area (Å²) in [6.07, 6.45) is -0.452. The third kappa shape index (κ3) is 3.32. The van der Waals surface area contributed by atoms with E-state index in [1.807, 2.05) is 6.92 Å². The Kier molecular flexibility index (Phi) is 4.91. The van der Waals surface area contributed by atoms with Crippen LogP contribution in [-0.4, -0.2) is 71.8 Å². The van der Waals surface area contributed by atoms with Crippen LogP contribution in [0.15, 0.2) is 30.4 Å². The Morgan fingerprint density at radius 2 is 1.83 bits per heavy atom. The molecule has 3 fully saturated rings. The fraction of sp³-hybridized carbons (Fsp3) is 0.545. The second-order valence-electron chi connectivity index (χ2n) is 9.01. The highest BCUT2D eigenvalue weighted by atomic mass is 16.2. The van der Waals surface area contributed by atoms with Gasteiger partial charge < -0.3 is 9.80 Å². The topological polar surface area (TPSA) is 59.1 Å². The van der Waals surface area contributed by atoms with Crippen LogP contribution in [0.5, 0.6) is 0 Å². The Balaban J connectivity index is 1.70. The highest BCUT2D eigenvalue weighted by Crippen LogP contribution is 2.35. The van der Waals surface area contributed by atoms with Crippen molar-refractivity contribution in [2.24, 2.45) is 5.92 Å². The second kappa shape index (κ2) is 7.15. The highest BCUT2D eigenvalue weighted by molar-refractivity contribution is 6.00. The van der Waals surface area contributed by atoms with Crippen LogP contribution in [0.4, 0.5) is 10.5 Å². The number of rotatable bonds is 3. The molecule has 7 nitrogen and oxygen atoms in total. The molecule has 0 aromatic heterocycles. The van der Waals surface area contributed by atoms with Crippen LogP contribution in [0, 0.1) is 19.8 Å². The molecule has 7 heteroatoms. The Morgan fingerprint density at radius 3 is 2.45 bits per heavy atom. The van der Waals surface area contributed by atoms with Gasteiger partial charge in [-0.1, -0.05) is 25.1 Å². The van der Waals surface area contributed by atoms with Crippen LogP contribution in [0.2, 0.25) is 0 Å². The predicted octanol–water partition coefficient (Wildman–Crippen LogP) is 2.11. The summed E-state index contributed by atoms with van der Waals surface area (Å²) in [6, 6.07) is 5.89. The monoisotopic (exact) mass is 397 g/mol. The molecule has 1 N–H and O–H groups in total. The summed E-state index contributed by atoms with van der Waals surface area (Å²) < 4.78 is 0. The molecule has 0 bridgehead atoms. The third-order valence-corrected chi connectivity index (χ3v) is 6.05. The number of hydrogen-bond acceptors (Lipinski definition) is 5. The predicted molar refractivity (Wildman–Crippen MR) is 113 cm³/mol. The van der Waals surface area contributed by atoms with Crippen molar-refractivity contribution in [1.29, 1.82) is 0 Å². The van der Waals surface area contributed by atoms with Gasteiger partial charge in [-0.2, -0.15) is 0 Å². The molecule has 3 amide bonds. The Hall–Kier alpha value is -2.38. The van der Waals surface area contributed by atoms with Crippen LogP contribution in [-0.2, 0) is 4.79 Å². The zero-order valence-corrected chi connectivity index (χ0v) is 18.0. The molecule has 156 valence electrons. The molecule has 3 aliphatic heterocycles. The van der Waals surface area contributed by atoms with Crippen molar-refractivity contribution in [3.8, 4) is 0 Å². The van der Waals surface area contributed by atoms with Crippen molar-refractivity contribution < 1.29 is 9.59 Å². The lowest BCUT2D eigenvalue weighted by atomic mass is 10.0. The van der Waals surface area contributed by atoms with E-state index in [4.69, 9.17) is 0 Å². The van der Waals surface area contributed by atoms with Crippen LogP contribution in [0.1, 0.15) is 25.0 Å². The molecule has 0 aliphatic carbocycles. The van der Waals surface area contributed by atoms with Gasteiger partial charge in [0.15, 0.2) is 0 Å². The Morgan fingerprint density at radius 1 is 1.17 bits per heavy atom. The molecule has 0 spiro atoms. The summed E-state index contributed by atoms with van der Waals surface area (Å²) in [4.78, 5) is 33.8. The number of carbonyl (C=O) groups is 2. The fourth-order valence-corrected chi connectivity index (χ4v) is 4.95. The third-order valence-electron chi connectivity index (χ3n) is 6.05. The summed E-state index contributed by atoms with van der Waals surface area (Å²) in [5.74, 6) is 0.267. The van der Waals surface area contributed by atoms with E-state index in [0.29, 0.717) is 5.92 Å². The normalized spacial score (nSPS) is 29.9. The van der Waals surface area contributed by atoms with E-state index in [-0.39, 0.29) is 30.9 Å². The average Bonchev–Trinajstić information content (AvgIpc) is 3.01. The van der Waals surface area contributed by atoms with Gasteiger partial charge in [0, 0.05) is 25.8 Å². The van der Waals surface area contributed by atoms with E-state index in [0.717, 1.165) is 24.4 Å². The van der Waals surface area contributed by atoms with E-state index < -0.39 is 6.04 Å². The molecule has 29 heavy (non-hydrogen) atoms. The molecule has 4 unspecified atom stereocenters. The van der Waals surface area contributed by atoms with Crippen molar-refractivity contribution in [2.75, 3.05) is 31.6 Å². The summed E-state index contributed by atoms with van der Waals surface area (Å²) >= 11 is 0. The lowest BCUT2D eigenvalue weighted by Crippen LogP contribution is -2.66. The quantitative estimate of drug-likeness (QED) is 0.792. The van der Waals surface area contributed by atoms with Crippen LogP contribution < -0.4 is 10.2 Å². The lowest BCUT2D eigenvalue weighted by molar-refractivity contribution is -0.138. The van der Waals surface area contributed by atoms with Gasteiger partial charge in [0.25, 0.3) is 5.91 Å². The smallest absolute Gasteiger partial charge is 0.328 e. The lowest BCUT2D eigenvalue weighted by Gasteiger charge is -2.46. The van der Waals surface area contributed by atoms with E-state index in [1.165, 1.54) is 16.0 Å². The van der Waals surface area contributed by atoms with Gasteiger partial charge in [-0.15, -0.1) is 0 Å². The molecule has 1 aromatic carbocycles. The molecule has 3 heterocycles. The molecule has 3 saturated heterocycles. The molecule has 0 radical (unpaired) electrons. The summed E-state index contributed by atoms with van der Waals surface area (Å²) in [5, 5.41) is 3.57. The Bertz CT molecular complexity index is 849. The summed E-state index contributed by atoms with van der Waals surface area (Å²) in [5.41, 5.74) is 4.38. The highest BCUT2D eigenvalue weighted by Gasteiger charge is 2.56. The maximum atomic E-state index is 13.3. The van der Waals surface area contributed by atoms with E-state index in [1.54, 1.807) is 11.9 Å². The molecular formula is C22H31N5O2. The first-order chi connectivity index (χ1) is 13.7. The van der Waals surface area contributed by atoms with Gasteiger partial charge >= 0.3 is 6.03 Å². The first kappa shape index (κ1) is 19.9.